The molecule has 0 N–H and O–H groups in total. The highest BCUT2D eigenvalue weighted by atomic mass is 32.2. The highest BCUT2D eigenvalue weighted by molar-refractivity contribution is 7.98. The van der Waals surface area contributed by atoms with Crippen molar-refractivity contribution >= 4 is 11.8 Å². The minimum atomic E-state index is -0.0777. The molecule has 1 heterocycles. The molecule has 1 aromatic heterocycles. The van der Waals surface area contributed by atoms with Gasteiger partial charge in [-0.25, -0.2) is 4.98 Å². The van der Waals surface area contributed by atoms with E-state index < -0.39 is 0 Å². The number of nitrogens with zero attached hydrogens (tertiary/aromatic N) is 2. The quantitative estimate of drug-likeness (QED) is 0.242. The number of hydrogen-bond donors (Lipinski definition) is 0. The van der Waals surface area contributed by atoms with E-state index in [0.29, 0.717) is 6.54 Å². The smallest absolute Gasteiger partial charge is 0.258 e. The molecule has 3 aromatic rings. The minimum absolute atomic E-state index is 0.0777. The van der Waals surface area contributed by atoms with Crippen molar-refractivity contribution in [3.8, 4) is 11.3 Å². The lowest BCUT2D eigenvalue weighted by atomic mass is 9.62. The first-order valence-corrected chi connectivity index (χ1v) is 13.0. The number of aryl methyl sites for hydroxylation is 2. The van der Waals surface area contributed by atoms with E-state index in [-0.39, 0.29) is 11.0 Å². The number of hydrogen-bond acceptors (Lipinski definition) is 3. The topological polar surface area (TPSA) is 34.9 Å². The van der Waals surface area contributed by atoms with E-state index in [9.17, 15) is 4.79 Å². The predicted molar refractivity (Wildman–Crippen MR) is 138 cm³/mol. The average Bonchev–Trinajstić information content (AvgIpc) is 2.81. The van der Waals surface area contributed by atoms with Crippen molar-refractivity contribution in [1.82, 2.24) is 9.55 Å². The van der Waals surface area contributed by atoms with Crippen LogP contribution in [-0.2, 0) is 24.1 Å². The molecule has 2 aliphatic rings. The Morgan fingerprint density at radius 3 is 2.67 bits per heavy atom. The first kappa shape index (κ1) is 22.2. The largest absolute Gasteiger partial charge is 0.283 e. The first-order chi connectivity index (χ1) is 16.0. The summed E-state index contributed by atoms with van der Waals surface area (Å²) in [5, 5.41) is 0.793. The molecule has 2 aliphatic carbocycles. The van der Waals surface area contributed by atoms with Crippen LogP contribution in [0.25, 0.3) is 11.3 Å². The van der Waals surface area contributed by atoms with Crippen molar-refractivity contribution in [2.24, 2.45) is 0 Å². The van der Waals surface area contributed by atoms with Gasteiger partial charge >= 0.3 is 0 Å². The van der Waals surface area contributed by atoms with Gasteiger partial charge in [0.1, 0.15) is 0 Å². The van der Waals surface area contributed by atoms with E-state index in [1.807, 2.05) is 10.6 Å². The van der Waals surface area contributed by atoms with E-state index in [1.54, 1.807) is 11.8 Å². The third-order valence-corrected chi connectivity index (χ3v) is 8.47. The Balaban J connectivity index is 1.65. The van der Waals surface area contributed by atoms with Crippen molar-refractivity contribution in [2.75, 3.05) is 0 Å². The van der Waals surface area contributed by atoms with E-state index in [2.05, 4.69) is 62.9 Å². The summed E-state index contributed by atoms with van der Waals surface area (Å²) >= 11 is 1.66. The van der Waals surface area contributed by atoms with Crippen molar-refractivity contribution in [1.29, 1.82) is 0 Å². The van der Waals surface area contributed by atoms with Crippen LogP contribution in [0.3, 0.4) is 0 Å². The summed E-state index contributed by atoms with van der Waals surface area (Å²) < 4.78 is 1.87. The van der Waals surface area contributed by atoms with Gasteiger partial charge in [0, 0.05) is 23.3 Å². The van der Waals surface area contributed by atoms with Crippen molar-refractivity contribution < 1.29 is 0 Å². The Bertz CT molecular complexity index is 1270. The number of allylic oxidation sites excluding steroid dienone is 1. The number of thioether (sulfide) groups is 1. The number of aromatic nitrogens is 2. The maximum atomic E-state index is 14.1. The van der Waals surface area contributed by atoms with Crippen LogP contribution < -0.4 is 5.56 Å². The van der Waals surface area contributed by atoms with Gasteiger partial charge in [-0.2, -0.15) is 0 Å². The van der Waals surface area contributed by atoms with Gasteiger partial charge in [-0.3, -0.25) is 9.36 Å². The Labute approximate surface area is 201 Å². The molecule has 170 valence electrons. The highest BCUT2D eigenvalue weighted by Gasteiger charge is 2.43. The SMILES string of the molecule is C=CCn1c(SCc2ccc(C)cc2C)nc2c(c1=O)C1(CCCCC1)Cc1ccccc1-2. The monoisotopic (exact) mass is 456 g/mol. The lowest BCUT2D eigenvalue weighted by Crippen LogP contribution is -2.43. The molecule has 33 heavy (non-hydrogen) atoms. The van der Waals surface area contributed by atoms with Gasteiger partial charge in [-0.1, -0.05) is 85.1 Å². The molecule has 1 fully saturated rings. The van der Waals surface area contributed by atoms with E-state index in [0.717, 1.165) is 47.0 Å². The van der Waals surface area contributed by atoms with Gasteiger partial charge in [0.05, 0.1) is 11.3 Å². The number of benzene rings is 2. The van der Waals surface area contributed by atoms with Crippen LogP contribution in [0.1, 0.15) is 59.9 Å². The molecule has 0 unspecified atom stereocenters. The van der Waals surface area contributed by atoms with Crippen LogP contribution in [0.4, 0.5) is 0 Å². The van der Waals surface area contributed by atoms with Gasteiger partial charge in [0.2, 0.25) is 0 Å². The molecule has 1 spiro atoms. The summed E-state index contributed by atoms with van der Waals surface area (Å²) in [4.78, 5) is 19.3. The second-order valence-electron chi connectivity index (χ2n) is 9.72. The molecular formula is C29H32N2OS. The molecular weight excluding hydrogens is 424 g/mol. The van der Waals surface area contributed by atoms with Crippen LogP contribution in [0.5, 0.6) is 0 Å². The summed E-state index contributed by atoms with van der Waals surface area (Å²) in [6.07, 6.45) is 8.56. The van der Waals surface area contributed by atoms with Crippen LogP contribution >= 0.6 is 11.8 Å². The maximum absolute atomic E-state index is 14.1. The Morgan fingerprint density at radius 1 is 1.12 bits per heavy atom. The highest BCUT2D eigenvalue weighted by Crippen LogP contribution is 2.48. The zero-order chi connectivity index (χ0) is 23.0. The lowest BCUT2D eigenvalue weighted by Gasteiger charge is -2.42. The summed E-state index contributed by atoms with van der Waals surface area (Å²) in [5.41, 5.74) is 8.25. The number of rotatable bonds is 5. The molecule has 0 saturated heterocycles. The van der Waals surface area contributed by atoms with Gasteiger partial charge in [0.15, 0.2) is 5.16 Å². The fourth-order valence-corrected chi connectivity index (χ4v) is 6.85. The second-order valence-corrected chi connectivity index (χ2v) is 10.7. The third kappa shape index (κ3) is 3.99. The molecule has 0 bridgehead atoms. The maximum Gasteiger partial charge on any atom is 0.258 e. The van der Waals surface area contributed by atoms with Crippen molar-refractivity contribution in [3.63, 3.8) is 0 Å². The molecule has 0 radical (unpaired) electrons. The van der Waals surface area contributed by atoms with Crippen molar-refractivity contribution in [2.45, 2.75) is 75.2 Å². The van der Waals surface area contributed by atoms with Crippen LogP contribution in [0.2, 0.25) is 0 Å². The standard InChI is InChI=1S/C29H32N2OS/c1-4-16-31-27(32)25-26(30-28(31)33-19-23-13-12-20(2)17-21(23)3)24-11-7-6-10-22(24)18-29(25)14-8-5-9-15-29/h4,6-7,10-13,17H,1,5,8-9,14-16,18-19H2,2-3H3. The Morgan fingerprint density at radius 2 is 1.91 bits per heavy atom. The molecule has 1 saturated carbocycles. The minimum Gasteiger partial charge on any atom is -0.283 e. The van der Waals surface area contributed by atoms with Gasteiger partial charge in [-0.05, 0) is 49.8 Å². The Kier molecular flexibility index (Phi) is 6.05. The number of fused-ring (bicyclic) bond motifs is 4. The van der Waals surface area contributed by atoms with Crippen LogP contribution in [0.15, 0.2) is 65.1 Å². The van der Waals surface area contributed by atoms with E-state index in [4.69, 9.17) is 4.98 Å². The second kappa shape index (κ2) is 8.98. The summed E-state index contributed by atoms with van der Waals surface area (Å²) in [6.45, 7) is 8.70. The van der Waals surface area contributed by atoms with Gasteiger partial charge in [0.25, 0.3) is 5.56 Å². The molecule has 3 nitrogen and oxygen atoms in total. The third-order valence-electron chi connectivity index (χ3n) is 7.44. The fourth-order valence-electron chi connectivity index (χ4n) is 5.77. The van der Waals surface area contributed by atoms with E-state index >= 15 is 0 Å². The van der Waals surface area contributed by atoms with Gasteiger partial charge < -0.3 is 0 Å². The van der Waals surface area contributed by atoms with E-state index in [1.165, 1.54) is 41.5 Å². The fraction of sp³-hybridized carbons (Fsp3) is 0.379. The molecule has 2 aromatic carbocycles. The van der Waals surface area contributed by atoms with Crippen LogP contribution in [0, 0.1) is 13.8 Å². The summed E-state index contributed by atoms with van der Waals surface area (Å²) in [6, 6.07) is 15.1. The van der Waals surface area contributed by atoms with Gasteiger partial charge in [-0.15, -0.1) is 6.58 Å². The zero-order valence-corrected chi connectivity index (χ0v) is 20.5. The Hall–Kier alpha value is -2.59. The normalized spacial score (nSPS) is 16.3. The molecule has 0 aliphatic heterocycles. The lowest BCUT2D eigenvalue weighted by molar-refractivity contribution is 0.282. The molecule has 5 rings (SSSR count). The first-order valence-electron chi connectivity index (χ1n) is 12.1. The predicted octanol–water partition coefficient (Wildman–Crippen LogP) is 6.76. The average molecular weight is 457 g/mol. The van der Waals surface area contributed by atoms with Crippen molar-refractivity contribution in [3.05, 3.63) is 93.3 Å². The summed E-state index contributed by atoms with van der Waals surface area (Å²) in [5.74, 6) is 0.793. The molecule has 0 amide bonds. The molecule has 4 heteroatoms. The zero-order valence-electron chi connectivity index (χ0n) is 19.7. The molecule has 0 atom stereocenters. The summed E-state index contributed by atoms with van der Waals surface area (Å²) in [7, 11) is 0. The van der Waals surface area contributed by atoms with Crippen LogP contribution in [-0.4, -0.2) is 9.55 Å².